The molecule has 0 unspecified atom stereocenters. The fraction of sp³-hybridized carbons (Fsp3) is 0.364. The van der Waals surface area contributed by atoms with Crippen LogP contribution in [-0.2, 0) is 29.7 Å². The second kappa shape index (κ2) is 3.79. The van der Waals surface area contributed by atoms with E-state index in [0.717, 1.165) is 0 Å². The molecule has 0 aromatic heterocycles. The Labute approximate surface area is 89.3 Å². The SMILES string of the molecule is CC(C)(C)c1ccc([CH]=[Zr+2])cc1. The van der Waals surface area contributed by atoms with Gasteiger partial charge in [0.15, 0.2) is 0 Å². The van der Waals surface area contributed by atoms with Crippen LogP contribution in [0.2, 0.25) is 0 Å². The first kappa shape index (κ1) is 10.1. The van der Waals surface area contributed by atoms with E-state index in [0.29, 0.717) is 0 Å². The van der Waals surface area contributed by atoms with Crippen molar-refractivity contribution in [2.24, 2.45) is 0 Å². The summed E-state index contributed by atoms with van der Waals surface area (Å²) in [4.78, 5) is 0. The summed E-state index contributed by atoms with van der Waals surface area (Å²) in [5.74, 6) is 0. The minimum absolute atomic E-state index is 0.277. The van der Waals surface area contributed by atoms with Crippen molar-refractivity contribution in [1.82, 2.24) is 0 Å². The Hall–Kier alpha value is -0.0269. The Morgan fingerprint density at radius 3 is 1.92 bits per heavy atom. The molecule has 0 aliphatic rings. The third-order valence-electron chi connectivity index (χ3n) is 1.94. The Morgan fingerprint density at radius 1 is 1.08 bits per heavy atom. The van der Waals surface area contributed by atoms with Gasteiger partial charge in [0.05, 0.1) is 0 Å². The van der Waals surface area contributed by atoms with Crippen LogP contribution in [0.25, 0.3) is 0 Å². The summed E-state index contributed by atoms with van der Waals surface area (Å²) in [5.41, 5.74) is 3.02. The Morgan fingerprint density at radius 2 is 1.58 bits per heavy atom. The van der Waals surface area contributed by atoms with E-state index in [1.807, 2.05) is 0 Å². The van der Waals surface area contributed by atoms with Crippen LogP contribution in [0.3, 0.4) is 0 Å². The first-order chi connectivity index (χ1) is 5.54. The van der Waals surface area contributed by atoms with Gasteiger partial charge in [0, 0.05) is 0 Å². The molecule has 0 atom stereocenters. The van der Waals surface area contributed by atoms with Crippen LogP contribution >= 0.6 is 0 Å². The number of rotatable bonds is 1. The molecule has 12 heavy (non-hydrogen) atoms. The van der Waals surface area contributed by atoms with Crippen molar-refractivity contribution in [1.29, 1.82) is 0 Å². The molecule has 1 rings (SSSR count). The van der Waals surface area contributed by atoms with Crippen LogP contribution in [0.5, 0.6) is 0 Å². The molecular weight excluding hydrogens is 223 g/mol. The summed E-state index contributed by atoms with van der Waals surface area (Å²) >= 11 is 1.46. The van der Waals surface area contributed by atoms with Gasteiger partial charge in [0.25, 0.3) is 0 Å². The maximum absolute atomic E-state index is 2.24. The van der Waals surface area contributed by atoms with Crippen LogP contribution in [-0.4, -0.2) is 3.71 Å². The second-order valence-corrected chi connectivity index (χ2v) is 4.73. The minimum atomic E-state index is 0.277. The Bertz CT molecular complexity index is 264. The first-order valence-corrected chi connectivity index (χ1v) is 5.57. The van der Waals surface area contributed by atoms with Gasteiger partial charge in [0.2, 0.25) is 0 Å². The molecule has 0 fully saturated rings. The maximum atomic E-state index is 2.24. The van der Waals surface area contributed by atoms with E-state index in [1.165, 1.54) is 35.4 Å². The standard InChI is InChI=1S/C11H14.Zr/c1-9-5-7-10(8-6-9)11(2,3)4;/h1,5-8H,2-4H3;/q;+2. The Balaban J connectivity index is 3.00. The van der Waals surface area contributed by atoms with E-state index in [4.69, 9.17) is 0 Å². The van der Waals surface area contributed by atoms with Crippen LogP contribution in [0.1, 0.15) is 31.9 Å². The summed E-state index contributed by atoms with van der Waals surface area (Å²) < 4.78 is 2.21. The van der Waals surface area contributed by atoms with E-state index in [2.05, 4.69) is 48.7 Å². The molecule has 0 aliphatic heterocycles. The van der Waals surface area contributed by atoms with Gasteiger partial charge in [-0.2, -0.15) is 0 Å². The van der Waals surface area contributed by atoms with Crippen molar-refractivity contribution in [3.63, 3.8) is 0 Å². The van der Waals surface area contributed by atoms with Crippen LogP contribution in [0, 0.1) is 0 Å². The second-order valence-electron chi connectivity index (χ2n) is 4.02. The molecule has 0 bridgehead atoms. The topological polar surface area (TPSA) is 0 Å². The van der Waals surface area contributed by atoms with E-state index in [-0.39, 0.29) is 5.41 Å². The van der Waals surface area contributed by atoms with Crippen molar-refractivity contribution in [3.05, 3.63) is 35.4 Å². The zero-order valence-corrected chi connectivity index (χ0v) is 10.3. The van der Waals surface area contributed by atoms with Crippen molar-refractivity contribution < 1.29 is 24.2 Å². The van der Waals surface area contributed by atoms with Gasteiger partial charge in [-0.15, -0.1) is 0 Å². The Kier molecular flexibility index (Phi) is 3.17. The van der Waals surface area contributed by atoms with E-state index in [1.54, 1.807) is 0 Å². The van der Waals surface area contributed by atoms with Crippen LogP contribution in [0.15, 0.2) is 24.3 Å². The molecule has 0 nitrogen and oxygen atoms in total. The molecule has 1 aromatic rings. The van der Waals surface area contributed by atoms with Crippen LogP contribution < -0.4 is 0 Å². The summed E-state index contributed by atoms with van der Waals surface area (Å²) in [6.45, 7) is 6.72. The van der Waals surface area contributed by atoms with Gasteiger partial charge in [-0.25, -0.2) is 0 Å². The van der Waals surface area contributed by atoms with Crippen molar-refractivity contribution in [3.8, 4) is 0 Å². The summed E-state index contributed by atoms with van der Waals surface area (Å²) in [5, 5.41) is 0. The molecule has 0 saturated heterocycles. The first-order valence-electron chi connectivity index (χ1n) is 4.15. The predicted molar refractivity (Wildman–Crippen MR) is 50.3 cm³/mol. The molecular formula is C11H14Zr+2. The third-order valence-corrected chi connectivity index (χ3v) is 2.76. The average Bonchev–Trinajstić information content (AvgIpc) is 2.03. The molecule has 0 aliphatic carbocycles. The zero-order valence-electron chi connectivity index (χ0n) is 7.89. The van der Waals surface area contributed by atoms with Crippen molar-refractivity contribution in [2.45, 2.75) is 26.2 Å². The predicted octanol–water partition coefficient (Wildman–Crippen LogP) is 2.68. The van der Waals surface area contributed by atoms with Gasteiger partial charge in [-0.05, 0) is 0 Å². The summed E-state index contributed by atoms with van der Waals surface area (Å²) in [7, 11) is 0. The van der Waals surface area contributed by atoms with Crippen molar-refractivity contribution >= 4 is 3.71 Å². The number of benzene rings is 1. The van der Waals surface area contributed by atoms with E-state index < -0.39 is 0 Å². The normalized spacial score (nSPS) is 11.4. The molecule has 1 aromatic carbocycles. The molecule has 0 radical (unpaired) electrons. The quantitative estimate of drug-likeness (QED) is 0.704. The van der Waals surface area contributed by atoms with E-state index in [9.17, 15) is 0 Å². The molecule has 1 heteroatoms. The number of hydrogen-bond acceptors (Lipinski definition) is 0. The summed E-state index contributed by atoms with van der Waals surface area (Å²) in [6, 6.07) is 8.82. The fourth-order valence-electron chi connectivity index (χ4n) is 1.08. The number of hydrogen-bond donors (Lipinski definition) is 0. The van der Waals surface area contributed by atoms with Gasteiger partial charge < -0.3 is 0 Å². The molecule has 0 spiro atoms. The van der Waals surface area contributed by atoms with Crippen LogP contribution in [0.4, 0.5) is 0 Å². The zero-order chi connectivity index (χ0) is 9.19. The van der Waals surface area contributed by atoms with Gasteiger partial charge in [-0.3, -0.25) is 0 Å². The fourth-order valence-corrected chi connectivity index (χ4v) is 1.55. The molecule has 0 heterocycles. The van der Waals surface area contributed by atoms with Gasteiger partial charge in [-0.1, -0.05) is 0 Å². The van der Waals surface area contributed by atoms with Gasteiger partial charge >= 0.3 is 89.5 Å². The molecule has 0 saturated carbocycles. The average molecular weight is 237 g/mol. The monoisotopic (exact) mass is 236 g/mol. The molecule has 60 valence electrons. The van der Waals surface area contributed by atoms with Crippen molar-refractivity contribution in [2.75, 3.05) is 0 Å². The summed E-state index contributed by atoms with van der Waals surface area (Å²) in [6.07, 6.45) is 0. The van der Waals surface area contributed by atoms with E-state index >= 15 is 0 Å². The van der Waals surface area contributed by atoms with Gasteiger partial charge in [0.1, 0.15) is 0 Å². The molecule has 0 amide bonds. The third kappa shape index (κ3) is 2.49. The molecule has 0 N–H and O–H groups in total.